The Morgan fingerprint density at radius 2 is 2.26 bits per heavy atom. The topological polar surface area (TPSA) is 21.3 Å². The summed E-state index contributed by atoms with van der Waals surface area (Å²) < 4.78 is 19.4. The Kier molecular flexibility index (Phi) is 4.58. The molecule has 3 heteroatoms. The average Bonchev–Trinajstić information content (AvgIpc) is 2.39. The molecule has 2 nitrogen and oxygen atoms in total. The quantitative estimate of drug-likeness (QED) is 0.896. The number of likely N-dealkylation sites (N-methyl/N-ethyl adjacent to an activating group) is 1. The van der Waals surface area contributed by atoms with Crippen molar-refractivity contribution in [2.75, 3.05) is 14.2 Å². The zero-order valence-electron chi connectivity index (χ0n) is 12.1. The van der Waals surface area contributed by atoms with Crippen molar-refractivity contribution in [3.8, 4) is 0 Å². The van der Waals surface area contributed by atoms with Crippen LogP contribution in [0.2, 0.25) is 0 Å². The summed E-state index contributed by atoms with van der Waals surface area (Å²) in [6, 6.07) is 6.88. The van der Waals surface area contributed by atoms with Crippen molar-refractivity contribution in [2.45, 2.75) is 44.2 Å². The summed E-state index contributed by atoms with van der Waals surface area (Å²) in [6.07, 6.45) is 4.47. The number of hydrogen-bond donors (Lipinski definition) is 1. The molecular weight excluding hydrogens is 241 g/mol. The van der Waals surface area contributed by atoms with E-state index in [9.17, 15) is 4.39 Å². The fourth-order valence-electron chi connectivity index (χ4n) is 3.53. The molecule has 0 spiro atoms. The van der Waals surface area contributed by atoms with Crippen LogP contribution < -0.4 is 5.32 Å². The van der Waals surface area contributed by atoms with E-state index in [2.05, 4.69) is 12.2 Å². The minimum Gasteiger partial charge on any atom is -0.376 e. The lowest BCUT2D eigenvalue weighted by atomic mass is 9.72. The van der Waals surface area contributed by atoms with Gasteiger partial charge in [0, 0.05) is 7.11 Å². The van der Waals surface area contributed by atoms with Crippen LogP contribution in [0.3, 0.4) is 0 Å². The number of nitrogens with one attached hydrogen (secondary N) is 1. The van der Waals surface area contributed by atoms with Gasteiger partial charge in [0.1, 0.15) is 5.82 Å². The molecule has 0 aliphatic heterocycles. The number of benzene rings is 1. The zero-order chi connectivity index (χ0) is 13.9. The smallest absolute Gasteiger partial charge is 0.123 e. The maximum atomic E-state index is 13.5. The van der Waals surface area contributed by atoms with E-state index in [0.717, 1.165) is 18.4 Å². The number of ether oxygens (including phenoxy) is 1. The normalized spacial score (nSPS) is 29.2. The third kappa shape index (κ3) is 2.98. The molecule has 1 saturated carbocycles. The predicted octanol–water partition coefficient (Wildman–Crippen LogP) is 3.68. The van der Waals surface area contributed by atoms with Crippen molar-refractivity contribution in [1.82, 2.24) is 5.32 Å². The van der Waals surface area contributed by atoms with Crippen molar-refractivity contribution in [3.05, 3.63) is 35.6 Å². The fourth-order valence-corrected chi connectivity index (χ4v) is 3.53. The van der Waals surface area contributed by atoms with Gasteiger partial charge in [0.25, 0.3) is 0 Å². The summed E-state index contributed by atoms with van der Waals surface area (Å²) in [5.41, 5.74) is 0.749. The maximum absolute atomic E-state index is 13.5. The molecule has 0 amide bonds. The summed E-state index contributed by atoms with van der Waals surface area (Å²) in [7, 11) is 3.71. The highest BCUT2D eigenvalue weighted by molar-refractivity contribution is 5.24. The highest BCUT2D eigenvalue weighted by Crippen LogP contribution is 2.43. The molecule has 0 radical (unpaired) electrons. The van der Waals surface area contributed by atoms with Gasteiger partial charge < -0.3 is 10.1 Å². The molecule has 19 heavy (non-hydrogen) atoms. The Bertz CT molecular complexity index is 423. The second-order valence-corrected chi connectivity index (χ2v) is 5.75. The first-order valence-corrected chi connectivity index (χ1v) is 7.09. The lowest BCUT2D eigenvalue weighted by Crippen LogP contribution is -2.47. The summed E-state index contributed by atoms with van der Waals surface area (Å²) in [5, 5.41) is 3.34. The van der Waals surface area contributed by atoms with E-state index in [1.807, 2.05) is 13.1 Å². The molecule has 1 aromatic rings. The molecule has 0 aromatic heterocycles. The molecule has 3 atom stereocenters. The van der Waals surface area contributed by atoms with Crippen LogP contribution in [0.1, 0.15) is 44.2 Å². The van der Waals surface area contributed by atoms with E-state index in [4.69, 9.17) is 4.74 Å². The molecular formula is C16H24FNO. The van der Waals surface area contributed by atoms with Gasteiger partial charge in [-0.25, -0.2) is 4.39 Å². The van der Waals surface area contributed by atoms with Crippen molar-refractivity contribution in [1.29, 1.82) is 0 Å². The molecule has 1 fully saturated rings. The lowest BCUT2D eigenvalue weighted by Gasteiger charge is -2.44. The standard InChI is InChI=1S/C16H24FNO/c1-12-6-5-9-16(11-12,19-3)15(18-2)13-7-4-8-14(17)10-13/h4,7-8,10,12,15,18H,5-6,9,11H2,1-3H3. The number of hydrogen-bond acceptors (Lipinski definition) is 2. The van der Waals surface area contributed by atoms with Gasteiger partial charge >= 0.3 is 0 Å². The average molecular weight is 265 g/mol. The zero-order valence-corrected chi connectivity index (χ0v) is 12.1. The minimum absolute atomic E-state index is 0.0379. The summed E-state index contributed by atoms with van der Waals surface area (Å²) in [4.78, 5) is 0. The van der Waals surface area contributed by atoms with Crippen molar-refractivity contribution in [2.24, 2.45) is 5.92 Å². The number of rotatable bonds is 4. The van der Waals surface area contributed by atoms with Crippen LogP contribution in [0.15, 0.2) is 24.3 Å². The van der Waals surface area contributed by atoms with Crippen LogP contribution in [0.5, 0.6) is 0 Å². The van der Waals surface area contributed by atoms with Crippen LogP contribution in [-0.2, 0) is 4.74 Å². The van der Waals surface area contributed by atoms with Gasteiger partial charge in [-0.15, -0.1) is 0 Å². The van der Waals surface area contributed by atoms with Crippen LogP contribution in [0.25, 0.3) is 0 Å². The Labute approximate surface area is 115 Å². The van der Waals surface area contributed by atoms with E-state index in [1.54, 1.807) is 19.2 Å². The molecule has 1 aliphatic rings. The van der Waals surface area contributed by atoms with Crippen molar-refractivity contribution in [3.63, 3.8) is 0 Å². The van der Waals surface area contributed by atoms with E-state index in [-0.39, 0.29) is 17.5 Å². The Morgan fingerprint density at radius 1 is 1.47 bits per heavy atom. The molecule has 106 valence electrons. The monoisotopic (exact) mass is 265 g/mol. The third-order valence-electron chi connectivity index (χ3n) is 4.39. The highest BCUT2D eigenvalue weighted by Gasteiger charge is 2.42. The van der Waals surface area contributed by atoms with E-state index in [0.29, 0.717) is 5.92 Å². The van der Waals surface area contributed by atoms with Crippen LogP contribution in [0.4, 0.5) is 4.39 Å². The third-order valence-corrected chi connectivity index (χ3v) is 4.39. The minimum atomic E-state index is -0.222. The summed E-state index contributed by atoms with van der Waals surface area (Å²) in [6.45, 7) is 2.27. The molecule has 1 N–H and O–H groups in total. The first-order chi connectivity index (χ1) is 9.11. The van der Waals surface area contributed by atoms with Gasteiger partial charge in [-0.05, 0) is 43.5 Å². The number of halogens is 1. The first kappa shape index (κ1) is 14.5. The predicted molar refractivity (Wildman–Crippen MR) is 75.6 cm³/mol. The summed E-state index contributed by atoms with van der Waals surface area (Å²) in [5.74, 6) is 0.464. The van der Waals surface area contributed by atoms with Crippen molar-refractivity contribution >= 4 is 0 Å². The highest BCUT2D eigenvalue weighted by atomic mass is 19.1. The lowest BCUT2D eigenvalue weighted by molar-refractivity contribution is -0.0790. The first-order valence-electron chi connectivity index (χ1n) is 7.09. The number of methoxy groups -OCH3 is 1. The van der Waals surface area contributed by atoms with Crippen LogP contribution >= 0.6 is 0 Å². The van der Waals surface area contributed by atoms with Gasteiger partial charge in [-0.2, -0.15) is 0 Å². The molecule has 0 heterocycles. The summed E-state index contributed by atoms with van der Waals surface area (Å²) >= 11 is 0. The molecule has 1 aromatic carbocycles. The second-order valence-electron chi connectivity index (χ2n) is 5.75. The second kappa shape index (κ2) is 6.02. The van der Waals surface area contributed by atoms with Gasteiger partial charge in [-0.3, -0.25) is 0 Å². The van der Waals surface area contributed by atoms with Crippen LogP contribution in [-0.4, -0.2) is 19.8 Å². The van der Waals surface area contributed by atoms with E-state index in [1.165, 1.54) is 18.9 Å². The molecule has 3 unspecified atom stereocenters. The Morgan fingerprint density at radius 3 is 2.84 bits per heavy atom. The van der Waals surface area contributed by atoms with Gasteiger partial charge in [0.2, 0.25) is 0 Å². The maximum Gasteiger partial charge on any atom is 0.123 e. The Balaban J connectivity index is 2.33. The van der Waals surface area contributed by atoms with Gasteiger partial charge in [-0.1, -0.05) is 31.9 Å². The Hall–Kier alpha value is -0.930. The fraction of sp³-hybridized carbons (Fsp3) is 0.625. The van der Waals surface area contributed by atoms with E-state index < -0.39 is 0 Å². The van der Waals surface area contributed by atoms with Crippen molar-refractivity contribution < 1.29 is 9.13 Å². The molecule has 1 aliphatic carbocycles. The largest absolute Gasteiger partial charge is 0.376 e. The van der Waals surface area contributed by atoms with Gasteiger partial charge in [0.15, 0.2) is 0 Å². The SMILES string of the molecule is CNC(c1cccc(F)c1)C1(OC)CCCC(C)C1. The van der Waals surface area contributed by atoms with E-state index >= 15 is 0 Å². The molecule has 2 rings (SSSR count). The molecule has 0 bridgehead atoms. The van der Waals surface area contributed by atoms with Gasteiger partial charge in [0.05, 0.1) is 11.6 Å². The van der Waals surface area contributed by atoms with Crippen LogP contribution in [0, 0.1) is 11.7 Å². The molecule has 0 saturated heterocycles.